The molecule has 5 aromatic heterocycles. The van der Waals surface area contributed by atoms with E-state index in [0.717, 1.165) is 52.1 Å². The first-order chi connectivity index (χ1) is 14.9. The van der Waals surface area contributed by atoms with Crippen LogP contribution in [0.3, 0.4) is 0 Å². The highest BCUT2D eigenvalue weighted by Gasteiger charge is 2.19. The molecule has 0 saturated carbocycles. The van der Waals surface area contributed by atoms with Crippen molar-refractivity contribution in [3.05, 3.63) is 43.2 Å². The zero-order valence-electron chi connectivity index (χ0n) is 16.2. The third-order valence-electron chi connectivity index (χ3n) is 5.57. The first kappa shape index (κ1) is 17.0. The molecule has 0 unspecified atom stereocenters. The standard InChI is InChI=1S/C21H19N9/c1-2-6-30(7-3-1)18-12-23-10-17-20(18)27-21(26-17)19-13-8-14(16-9-22-4-5-24-16)25-11-15(13)28-29-19/h4-5,8-12H,1-3,6-7H2,(H,26,27)(H,28,29). The summed E-state index contributed by atoms with van der Waals surface area (Å²) in [6.07, 6.45) is 14.2. The van der Waals surface area contributed by atoms with Crippen LogP contribution in [0.15, 0.2) is 43.2 Å². The number of H-pyrrole nitrogens is 2. The minimum Gasteiger partial charge on any atom is -0.368 e. The fourth-order valence-electron chi connectivity index (χ4n) is 4.07. The van der Waals surface area contributed by atoms with Crippen LogP contribution in [0.25, 0.3) is 44.8 Å². The molecule has 0 radical (unpaired) electrons. The number of rotatable bonds is 3. The van der Waals surface area contributed by atoms with Crippen LogP contribution in [-0.4, -0.2) is 53.2 Å². The maximum atomic E-state index is 4.91. The number of nitrogens with zero attached hydrogens (tertiary/aromatic N) is 7. The molecule has 9 heteroatoms. The Morgan fingerprint density at radius 3 is 2.63 bits per heavy atom. The van der Waals surface area contributed by atoms with E-state index < -0.39 is 0 Å². The molecule has 30 heavy (non-hydrogen) atoms. The number of aromatic nitrogens is 8. The van der Waals surface area contributed by atoms with Crippen molar-refractivity contribution in [2.24, 2.45) is 0 Å². The average Bonchev–Trinajstić information content (AvgIpc) is 3.43. The SMILES string of the molecule is c1cnc(-c2cc3c(-c4nc5c(N6CCCCC6)cncc5[nH]4)n[nH]c3cn2)cn1. The Labute approximate surface area is 171 Å². The van der Waals surface area contributed by atoms with Crippen molar-refractivity contribution in [2.45, 2.75) is 19.3 Å². The monoisotopic (exact) mass is 397 g/mol. The zero-order valence-corrected chi connectivity index (χ0v) is 16.2. The summed E-state index contributed by atoms with van der Waals surface area (Å²) in [6.45, 7) is 2.09. The first-order valence-corrected chi connectivity index (χ1v) is 10.1. The predicted molar refractivity (Wildman–Crippen MR) is 114 cm³/mol. The number of aromatic amines is 2. The second kappa shape index (κ2) is 6.87. The van der Waals surface area contributed by atoms with E-state index in [-0.39, 0.29) is 0 Å². The summed E-state index contributed by atoms with van der Waals surface area (Å²) in [7, 11) is 0. The molecule has 9 nitrogen and oxygen atoms in total. The topological polar surface area (TPSA) is 112 Å². The van der Waals surface area contributed by atoms with Crippen LogP contribution in [0.2, 0.25) is 0 Å². The Kier molecular flexibility index (Phi) is 3.90. The van der Waals surface area contributed by atoms with Gasteiger partial charge in [-0.2, -0.15) is 5.10 Å². The molecular formula is C21H19N9. The normalized spacial score (nSPS) is 14.6. The maximum Gasteiger partial charge on any atom is 0.159 e. The van der Waals surface area contributed by atoms with E-state index in [1.165, 1.54) is 19.3 Å². The van der Waals surface area contributed by atoms with Gasteiger partial charge in [0.25, 0.3) is 0 Å². The third-order valence-corrected chi connectivity index (χ3v) is 5.57. The number of hydrogen-bond donors (Lipinski definition) is 2. The summed E-state index contributed by atoms with van der Waals surface area (Å²) >= 11 is 0. The molecule has 1 aliphatic heterocycles. The van der Waals surface area contributed by atoms with E-state index >= 15 is 0 Å². The van der Waals surface area contributed by atoms with Gasteiger partial charge in [0, 0.05) is 30.9 Å². The summed E-state index contributed by atoms with van der Waals surface area (Å²) in [6, 6.07) is 1.97. The summed E-state index contributed by atoms with van der Waals surface area (Å²) < 4.78 is 0. The van der Waals surface area contributed by atoms with Gasteiger partial charge in [0.15, 0.2) is 5.82 Å². The molecule has 0 spiro atoms. The van der Waals surface area contributed by atoms with Gasteiger partial charge in [-0.1, -0.05) is 0 Å². The van der Waals surface area contributed by atoms with Crippen molar-refractivity contribution in [2.75, 3.05) is 18.0 Å². The van der Waals surface area contributed by atoms with E-state index in [4.69, 9.17) is 4.98 Å². The fourth-order valence-corrected chi connectivity index (χ4v) is 4.07. The van der Waals surface area contributed by atoms with Gasteiger partial charge in [0.05, 0.1) is 47.2 Å². The lowest BCUT2D eigenvalue weighted by molar-refractivity contribution is 0.578. The van der Waals surface area contributed by atoms with Gasteiger partial charge in [-0.3, -0.25) is 25.0 Å². The predicted octanol–water partition coefficient (Wildman–Crippen LogP) is 3.34. The molecule has 1 saturated heterocycles. The Hall–Kier alpha value is -3.88. The lowest BCUT2D eigenvalue weighted by Gasteiger charge is -2.28. The van der Waals surface area contributed by atoms with E-state index in [1.807, 2.05) is 18.5 Å². The summed E-state index contributed by atoms with van der Waals surface area (Å²) in [4.78, 5) is 28.1. The Morgan fingerprint density at radius 1 is 0.833 bits per heavy atom. The minimum absolute atomic E-state index is 0.707. The van der Waals surface area contributed by atoms with Crippen LogP contribution in [-0.2, 0) is 0 Å². The number of anilines is 1. The number of piperidine rings is 1. The lowest BCUT2D eigenvalue weighted by atomic mass is 10.1. The van der Waals surface area contributed by atoms with Crippen LogP contribution >= 0.6 is 0 Å². The Morgan fingerprint density at radius 2 is 1.77 bits per heavy atom. The van der Waals surface area contributed by atoms with Crippen LogP contribution < -0.4 is 4.90 Å². The van der Waals surface area contributed by atoms with Crippen molar-refractivity contribution in [1.29, 1.82) is 0 Å². The zero-order chi connectivity index (χ0) is 19.9. The smallest absolute Gasteiger partial charge is 0.159 e. The molecule has 148 valence electrons. The van der Waals surface area contributed by atoms with Crippen molar-refractivity contribution < 1.29 is 0 Å². The second-order valence-corrected chi connectivity index (χ2v) is 7.47. The molecule has 1 fully saturated rings. The van der Waals surface area contributed by atoms with Gasteiger partial charge in [-0.05, 0) is 25.3 Å². The molecule has 0 atom stereocenters. The Balaban J connectivity index is 1.47. The highest BCUT2D eigenvalue weighted by atomic mass is 15.2. The first-order valence-electron chi connectivity index (χ1n) is 10.1. The van der Waals surface area contributed by atoms with Crippen LogP contribution in [0, 0.1) is 0 Å². The highest BCUT2D eigenvalue weighted by Crippen LogP contribution is 2.31. The average molecular weight is 397 g/mol. The summed E-state index contributed by atoms with van der Waals surface area (Å²) in [5.41, 5.74) is 5.97. The van der Waals surface area contributed by atoms with Gasteiger partial charge in [-0.15, -0.1) is 0 Å². The molecular weight excluding hydrogens is 378 g/mol. The molecule has 6 heterocycles. The van der Waals surface area contributed by atoms with E-state index in [9.17, 15) is 0 Å². The number of nitrogens with one attached hydrogen (secondary N) is 2. The molecule has 1 aliphatic rings. The van der Waals surface area contributed by atoms with Crippen molar-refractivity contribution >= 4 is 27.6 Å². The molecule has 0 bridgehead atoms. The third kappa shape index (κ3) is 2.78. The summed E-state index contributed by atoms with van der Waals surface area (Å²) in [5, 5.41) is 8.49. The number of imidazole rings is 1. The molecule has 0 aliphatic carbocycles. The van der Waals surface area contributed by atoms with Crippen LogP contribution in [0.4, 0.5) is 5.69 Å². The highest BCUT2D eigenvalue weighted by molar-refractivity contribution is 5.96. The van der Waals surface area contributed by atoms with Crippen LogP contribution in [0.1, 0.15) is 19.3 Å². The van der Waals surface area contributed by atoms with Crippen molar-refractivity contribution in [1.82, 2.24) is 40.1 Å². The number of hydrogen-bond acceptors (Lipinski definition) is 7. The van der Waals surface area contributed by atoms with Crippen molar-refractivity contribution in [3.8, 4) is 22.9 Å². The van der Waals surface area contributed by atoms with Gasteiger partial charge in [-0.25, -0.2) is 4.98 Å². The quantitative estimate of drug-likeness (QED) is 0.480. The van der Waals surface area contributed by atoms with E-state index in [2.05, 4.69) is 40.0 Å². The summed E-state index contributed by atoms with van der Waals surface area (Å²) in [5.74, 6) is 0.707. The van der Waals surface area contributed by atoms with Crippen molar-refractivity contribution in [3.63, 3.8) is 0 Å². The molecule has 0 amide bonds. The molecule has 6 rings (SSSR count). The molecule has 5 aromatic rings. The second-order valence-electron chi connectivity index (χ2n) is 7.47. The van der Waals surface area contributed by atoms with E-state index in [0.29, 0.717) is 11.5 Å². The van der Waals surface area contributed by atoms with Gasteiger partial charge >= 0.3 is 0 Å². The number of fused-ring (bicyclic) bond motifs is 2. The molecule has 2 N–H and O–H groups in total. The fraction of sp³-hybridized carbons (Fsp3) is 0.238. The maximum absolute atomic E-state index is 4.91. The van der Waals surface area contributed by atoms with Gasteiger partial charge < -0.3 is 9.88 Å². The Bertz CT molecular complexity index is 1330. The van der Waals surface area contributed by atoms with Crippen LogP contribution in [0.5, 0.6) is 0 Å². The van der Waals surface area contributed by atoms with Gasteiger partial charge in [0.2, 0.25) is 0 Å². The van der Waals surface area contributed by atoms with E-state index in [1.54, 1.807) is 24.8 Å². The molecule has 0 aromatic carbocycles. The largest absolute Gasteiger partial charge is 0.368 e. The number of pyridine rings is 2. The minimum atomic E-state index is 0.707. The lowest BCUT2D eigenvalue weighted by Crippen LogP contribution is -2.29. The van der Waals surface area contributed by atoms with Gasteiger partial charge in [0.1, 0.15) is 16.9 Å².